The normalized spacial score (nSPS) is 22.8. The third-order valence-electron chi connectivity index (χ3n) is 4.39. The minimum Gasteiger partial charge on any atom is -0.489 e. The lowest BCUT2D eigenvalue weighted by Gasteiger charge is -2.16. The Bertz CT molecular complexity index is 590. The fourth-order valence-electron chi connectivity index (χ4n) is 2.92. The van der Waals surface area contributed by atoms with Gasteiger partial charge in [-0.2, -0.15) is 14.0 Å². The van der Waals surface area contributed by atoms with Gasteiger partial charge in [-0.1, -0.05) is 6.07 Å². The predicted molar refractivity (Wildman–Crippen MR) is 87.9 cm³/mol. The molecule has 0 amide bonds. The summed E-state index contributed by atoms with van der Waals surface area (Å²) in [5.41, 5.74) is 1.03. The Balaban J connectivity index is 0.00000208. The summed E-state index contributed by atoms with van der Waals surface area (Å²) in [5.74, 6) is 1.27. The van der Waals surface area contributed by atoms with Crippen molar-refractivity contribution >= 4 is 12.4 Å². The first-order valence-electron chi connectivity index (χ1n) is 7.97. The molecule has 1 aromatic rings. The lowest BCUT2D eigenvalue weighted by molar-refractivity contribution is -0.0515. The number of nitrogens with zero attached hydrogens (tertiary/aromatic N) is 1. The van der Waals surface area contributed by atoms with E-state index in [9.17, 15) is 8.78 Å². The molecule has 0 bridgehead atoms. The summed E-state index contributed by atoms with van der Waals surface area (Å²) < 4.78 is 35.3. The van der Waals surface area contributed by atoms with Gasteiger partial charge in [0.15, 0.2) is 11.5 Å². The molecule has 0 radical (unpaired) electrons. The van der Waals surface area contributed by atoms with E-state index in [1.807, 2.05) is 6.07 Å². The monoisotopic (exact) mass is 358 g/mol. The number of alkyl halides is 2. The molecular weight excluding hydrogens is 338 g/mol. The maximum Gasteiger partial charge on any atom is 0.387 e. The number of nitriles is 1. The van der Waals surface area contributed by atoms with Gasteiger partial charge >= 0.3 is 6.61 Å². The quantitative estimate of drug-likeness (QED) is 0.804. The maximum atomic E-state index is 12.5. The first-order valence-corrected chi connectivity index (χ1v) is 7.97. The first-order chi connectivity index (χ1) is 11.2. The molecule has 1 saturated heterocycles. The molecule has 1 N–H and O–H groups in total. The van der Waals surface area contributed by atoms with Crippen molar-refractivity contribution in [2.45, 2.75) is 44.3 Å². The van der Waals surface area contributed by atoms with Crippen LogP contribution in [-0.4, -0.2) is 25.8 Å². The Labute approximate surface area is 146 Å². The van der Waals surface area contributed by atoms with Gasteiger partial charge in [-0.05, 0) is 48.8 Å². The zero-order valence-electron chi connectivity index (χ0n) is 13.2. The van der Waals surface area contributed by atoms with Gasteiger partial charge in [0, 0.05) is 12.6 Å². The number of halogens is 3. The number of rotatable bonds is 7. The smallest absolute Gasteiger partial charge is 0.387 e. The van der Waals surface area contributed by atoms with Crippen molar-refractivity contribution in [1.82, 2.24) is 5.32 Å². The average Bonchev–Trinajstić information content (AvgIpc) is 3.24. The largest absolute Gasteiger partial charge is 0.489 e. The lowest BCUT2D eigenvalue weighted by Crippen LogP contribution is -2.20. The molecule has 2 aliphatic rings. The molecule has 1 heterocycles. The summed E-state index contributed by atoms with van der Waals surface area (Å²) >= 11 is 0. The Morgan fingerprint density at radius 3 is 2.75 bits per heavy atom. The molecule has 2 atom stereocenters. The number of hydrogen-bond donors (Lipinski definition) is 1. The van der Waals surface area contributed by atoms with Gasteiger partial charge in [0.1, 0.15) is 0 Å². The predicted octanol–water partition coefficient (Wildman–Crippen LogP) is 3.86. The highest BCUT2D eigenvalue weighted by Gasteiger charge is 2.27. The molecule has 1 aromatic carbocycles. The van der Waals surface area contributed by atoms with Crippen LogP contribution in [0.5, 0.6) is 11.5 Å². The van der Waals surface area contributed by atoms with Crippen LogP contribution in [0.2, 0.25) is 0 Å². The Hall–Kier alpha value is -1.58. The van der Waals surface area contributed by atoms with Crippen LogP contribution in [0.1, 0.15) is 37.2 Å². The molecule has 1 saturated carbocycles. The number of nitrogens with one attached hydrogen (secondary N) is 1. The zero-order valence-corrected chi connectivity index (χ0v) is 14.0. The van der Waals surface area contributed by atoms with E-state index in [2.05, 4.69) is 16.1 Å². The SMILES string of the molecule is Cl.N#CC[C@@H]1CC(c2ccc(OC(F)F)c(OCC3CC3)c2)CN1. The van der Waals surface area contributed by atoms with E-state index in [1.54, 1.807) is 12.1 Å². The van der Waals surface area contributed by atoms with Crippen LogP contribution in [0.15, 0.2) is 18.2 Å². The Morgan fingerprint density at radius 1 is 1.29 bits per heavy atom. The van der Waals surface area contributed by atoms with E-state index in [-0.39, 0.29) is 30.1 Å². The number of benzene rings is 1. The summed E-state index contributed by atoms with van der Waals surface area (Å²) in [6.07, 6.45) is 3.61. The number of ether oxygens (including phenoxy) is 2. The summed E-state index contributed by atoms with van der Waals surface area (Å²) in [4.78, 5) is 0. The molecule has 2 fully saturated rings. The number of hydrogen-bond acceptors (Lipinski definition) is 4. The van der Waals surface area contributed by atoms with Crippen LogP contribution >= 0.6 is 12.4 Å². The van der Waals surface area contributed by atoms with E-state index in [4.69, 9.17) is 10.00 Å². The Morgan fingerprint density at radius 2 is 2.08 bits per heavy atom. The second kappa shape index (κ2) is 8.50. The molecule has 3 rings (SSSR count). The van der Waals surface area contributed by atoms with Gasteiger partial charge in [-0.25, -0.2) is 0 Å². The average molecular weight is 359 g/mol. The summed E-state index contributed by atoms with van der Waals surface area (Å²) in [5, 5.41) is 12.1. The fraction of sp³-hybridized carbons (Fsp3) is 0.588. The van der Waals surface area contributed by atoms with E-state index >= 15 is 0 Å². The highest BCUT2D eigenvalue weighted by molar-refractivity contribution is 5.85. The molecule has 0 aromatic heterocycles. The van der Waals surface area contributed by atoms with Gasteiger partial charge in [0.25, 0.3) is 0 Å². The first kappa shape index (κ1) is 18.8. The Kier molecular flexibility index (Phi) is 6.64. The summed E-state index contributed by atoms with van der Waals surface area (Å²) in [7, 11) is 0. The highest BCUT2D eigenvalue weighted by Crippen LogP contribution is 2.37. The highest BCUT2D eigenvalue weighted by atomic mass is 35.5. The van der Waals surface area contributed by atoms with Crippen molar-refractivity contribution in [3.8, 4) is 17.6 Å². The van der Waals surface area contributed by atoms with E-state index < -0.39 is 6.61 Å². The minimum absolute atomic E-state index is 0. The van der Waals surface area contributed by atoms with E-state index in [0.717, 1.165) is 31.4 Å². The van der Waals surface area contributed by atoms with Crippen molar-refractivity contribution in [3.05, 3.63) is 23.8 Å². The van der Waals surface area contributed by atoms with Crippen LogP contribution in [0.3, 0.4) is 0 Å². The van der Waals surface area contributed by atoms with Gasteiger partial charge in [-0.3, -0.25) is 0 Å². The second-order valence-corrected chi connectivity index (χ2v) is 6.24. The fourth-order valence-corrected chi connectivity index (χ4v) is 2.92. The van der Waals surface area contributed by atoms with Crippen LogP contribution < -0.4 is 14.8 Å². The van der Waals surface area contributed by atoms with Crippen molar-refractivity contribution < 1.29 is 18.3 Å². The molecule has 24 heavy (non-hydrogen) atoms. The molecule has 132 valence electrons. The minimum atomic E-state index is -2.86. The zero-order chi connectivity index (χ0) is 16.2. The maximum absolute atomic E-state index is 12.5. The third kappa shape index (κ3) is 4.96. The molecule has 4 nitrogen and oxygen atoms in total. The molecule has 0 spiro atoms. The van der Waals surface area contributed by atoms with Crippen molar-refractivity contribution in [3.63, 3.8) is 0 Å². The lowest BCUT2D eigenvalue weighted by atomic mass is 9.95. The van der Waals surface area contributed by atoms with Gasteiger partial charge in [-0.15, -0.1) is 12.4 Å². The van der Waals surface area contributed by atoms with Gasteiger partial charge < -0.3 is 14.8 Å². The molecular formula is C17H21ClF2N2O2. The van der Waals surface area contributed by atoms with Crippen molar-refractivity contribution in [1.29, 1.82) is 5.26 Å². The van der Waals surface area contributed by atoms with Gasteiger partial charge in [0.05, 0.1) is 19.1 Å². The van der Waals surface area contributed by atoms with E-state index in [0.29, 0.717) is 24.7 Å². The van der Waals surface area contributed by atoms with Crippen molar-refractivity contribution in [2.75, 3.05) is 13.2 Å². The standard InChI is InChI=1S/C17H20F2N2O2.ClH/c18-17(19)23-15-4-3-12(8-16(15)22-10-11-1-2-11)13-7-14(5-6-20)21-9-13;/h3-4,8,11,13-14,17,21H,1-2,5,7,9-10H2;1H/t13?,14-;/m1./s1. The van der Waals surface area contributed by atoms with E-state index in [1.165, 1.54) is 0 Å². The topological polar surface area (TPSA) is 54.3 Å². The third-order valence-corrected chi connectivity index (χ3v) is 4.39. The van der Waals surface area contributed by atoms with Crippen LogP contribution in [0, 0.1) is 17.2 Å². The van der Waals surface area contributed by atoms with Gasteiger partial charge in [0.2, 0.25) is 0 Å². The van der Waals surface area contributed by atoms with Crippen LogP contribution in [0.25, 0.3) is 0 Å². The molecule has 7 heteroatoms. The summed E-state index contributed by atoms with van der Waals surface area (Å²) in [6, 6.07) is 7.54. The molecule has 1 unspecified atom stereocenters. The summed E-state index contributed by atoms with van der Waals surface area (Å²) in [6.45, 7) is -1.54. The molecule has 1 aliphatic heterocycles. The van der Waals surface area contributed by atoms with Crippen LogP contribution in [-0.2, 0) is 0 Å². The molecule has 1 aliphatic carbocycles. The van der Waals surface area contributed by atoms with Crippen LogP contribution in [0.4, 0.5) is 8.78 Å². The second-order valence-electron chi connectivity index (χ2n) is 6.24. The van der Waals surface area contributed by atoms with Crippen molar-refractivity contribution in [2.24, 2.45) is 5.92 Å².